The van der Waals surface area contributed by atoms with Gasteiger partial charge in [-0.25, -0.2) is 4.98 Å². The van der Waals surface area contributed by atoms with Crippen molar-refractivity contribution in [2.24, 2.45) is 5.73 Å². The number of hydrogen-bond acceptors (Lipinski definition) is 5. The molecule has 0 spiro atoms. The number of ether oxygens (including phenoxy) is 1. The predicted octanol–water partition coefficient (Wildman–Crippen LogP) is 2.80. The van der Waals surface area contributed by atoms with E-state index in [1.54, 1.807) is 30.5 Å². The second-order valence-corrected chi connectivity index (χ2v) is 4.22. The van der Waals surface area contributed by atoms with Crippen molar-refractivity contribution < 1.29 is 9.66 Å². The third kappa shape index (κ3) is 3.10. The molecule has 0 bridgehead atoms. The SMILES string of the molecule is CCc1ccc(Oc2ccc(CN)cn2)c([N+](=O)[O-])c1. The summed E-state index contributed by atoms with van der Waals surface area (Å²) in [5.74, 6) is 0.481. The molecule has 2 N–H and O–H groups in total. The number of nitro benzene ring substituents is 1. The van der Waals surface area contributed by atoms with Crippen LogP contribution in [0.1, 0.15) is 18.1 Å². The number of nitrogens with zero attached hydrogens (tertiary/aromatic N) is 2. The van der Waals surface area contributed by atoms with Gasteiger partial charge in [0, 0.05) is 24.9 Å². The number of aromatic nitrogens is 1. The van der Waals surface area contributed by atoms with E-state index in [2.05, 4.69) is 4.98 Å². The standard InChI is InChI=1S/C14H15N3O3/c1-2-10-3-5-13(12(7-10)17(18)19)20-14-6-4-11(8-15)9-16-14/h3-7,9H,2,8,15H2,1H3. The van der Waals surface area contributed by atoms with Crippen LogP contribution in [0.15, 0.2) is 36.5 Å². The highest BCUT2D eigenvalue weighted by Gasteiger charge is 2.16. The summed E-state index contributed by atoms with van der Waals surface area (Å²) in [5.41, 5.74) is 7.17. The molecule has 0 atom stereocenters. The highest BCUT2D eigenvalue weighted by molar-refractivity contribution is 5.50. The zero-order valence-electron chi connectivity index (χ0n) is 11.1. The van der Waals surface area contributed by atoms with Crippen molar-refractivity contribution >= 4 is 5.69 Å². The minimum atomic E-state index is -0.456. The van der Waals surface area contributed by atoms with Gasteiger partial charge in [0.05, 0.1) is 4.92 Å². The van der Waals surface area contributed by atoms with Crippen LogP contribution >= 0.6 is 0 Å². The van der Waals surface area contributed by atoms with Crippen molar-refractivity contribution in [2.45, 2.75) is 19.9 Å². The van der Waals surface area contributed by atoms with Crippen molar-refractivity contribution in [2.75, 3.05) is 0 Å². The Bertz CT molecular complexity index is 612. The van der Waals surface area contributed by atoms with E-state index < -0.39 is 4.92 Å². The van der Waals surface area contributed by atoms with Crippen LogP contribution in [-0.4, -0.2) is 9.91 Å². The predicted molar refractivity (Wildman–Crippen MR) is 74.7 cm³/mol. The van der Waals surface area contributed by atoms with Crippen molar-refractivity contribution in [1.29, 1.82) is 0 Å². The largest absolute Gasteiger partial charge is 0.432 e. The smallest absolute Gasteiger partial charge is 0.311 e. The minimum absolute atomic E-state index is 0.0611. The van der Waals surface area contributed by atoms with E-state index >= 15 is 0 Å². The Kier molecular flexibility index (Phi) is 4.27. The zero-order chi connectivity index (χ0) is 14.5. The lowest BCUT2D eigenvalue weighted by atomic mass is 10.1. The molecule has 0 unspecified atom stereocenters. The van der Waals surface area contributed by atoms with Crippen molar-refractivity contribution in [1.82, 2.24) is 4.98 Å². The van der Waals surface area contributed by atoms with Gasteiger partial charge < -0.3 is 10.5 Å². The van der Waals surface area contributed by atoms with Crippen LogP contribution in [0, 0.1) is 10.1 Å². The van der Waals surface area contributed by atoms with Gasteiger partial charge in [-0.3, -0.25) is 10.1 Å². The summed E-state index contributed by atoms with van der Waals surface area (Å²) in [6, 6.07) is 8.32. The van der Waals surface area contributed by atoms with Crippen LogP contribution in [0.25, 0.3) is 0 Å². The molecular formula is C14H15N3O3. The molecule has 0 radical (unpaired) electrons. The first kappa shape index (κ1) is 14.0. The van der Waals surface area contributed by atoms with E-state index in [4.69, 9.17) is 10.5 Å². The second-order valence-electron chi connectivity index (χ2n) is 4.22. The number of rotatable bonds is 5. The minimum Gasteiger partial charge on any atom is -0.432 e. The van der Waals surface area contributed by atoms with Gasteiger partial charge >= 0.3 is 5.69 Å². The molecule has 2 aromatic rings. The van der Waals surface area contributed by atoms with E-state index in [1.807, 2.05) is 6.92 Å². The number of nitro groups is 1. The summed E-state index contributed by atoms with van der Waals surface area (Å²) in [6.45, 7) is 2.32. The van der Waals surface area contributed by atoms with Crippen molar-refractivity contribution in [3.63, 3.8) is 0 Å². The zero-order valence-corrected chi connectivity index (χ0v) is 11.1. The maximum Gasteiger partial charge on any atom is 0.311 e. The molecule has 0 saturated heterocycles. The summed E-state index contributed by atoms with van der Waals surface area (Å²) >= 11 is 0. The summed E-state index contributed by atoms with van der Waals surface area (Å²) in [6.07, 6.45) is 2.31. The number of pyridine rings is 1. The lowest BCUT2D eigenvalue weighted by molar-refractivity contribution is -0.385. The Balaban J connectivity index is 2.29. The molecule has 104 valence electrons. The van der Waals surface area contributed by atoms with E-state index in [9.17, 15) is 10.1 Å². The summed E-state index contributed by atoms with van der Waals surface area (Å²) in [7, 11) is 0. The van der Waals surface area contributed by atoms with Gasteiger partial charge in [-0.1, -0.05) is 19.1 Å². The third-order valence-corrected chi connectivity index (χ3v) is 2.88. The number of benzene rings is 1. The average molecular weight is 273 g/mol. The fraction of sp³-hybridized carbons (Fsp3) is 0.214. The number of aryl methyl sites for hydroxylation is 1. The van der Waals surface area contributed by atoms with Gasteiger partial charge in [-0.05, 0) is 23.6 Å². The Morgan fingerprint density at radius 1 is 1.30 bits per heavy atom. The molecule has 1 aromatic carbocycles. The summed E-state index contributed by atoms with van der Waals surface area (Å²) in [5, 5.41) is 11.1. The van der Waals surface area contributed by atoms with E-state index in [-0.39, 0.29) is 11.4 Å². The highest BCUT2D eigenvalue weighted by atomic mass is 16.6. The highest BCUT2D eigenvalue weighted by Crippen LogP contribution is 2.31. The first-order chi connectivity index (χ1) is 9.63. The molecule has 2 rings (SSSR count). The molecule has 6 heteroatoms. The van der Waals surface area contributed by atoms with Crippen molar-refractivity contribution in [3.8, 4) is 11.6 Å². The maximum atomic E-state index is 11.1. The second kappa shape index (κ2) is 6.12. The molecular weight excluding hydrogens is 258 g/mol. The van der Waals surface area contributed by atoms with Gasteiger partial charge in [0.2, 0.25) is 11.6 Å². The number of nitrogens with two attached hydrogens (primary N) is 1. The Labute approximate surface area is 116 Å². The molecule has 0 aliphatic carbocycles. The average Bonchev–Trinajstić information content (AvgIpc) is 2.48. The maximum absolute atomic E-state index is 11.1. The summed E-state index contributed by atoms with van der Waals surface area (Å²) < 4.78 is 5.48. The van der Waals surface area contributed by atoms with Crippen LogP contribution in [0.2, 0.25) is 0 Å². The van der Waals surface area contributed by atoms with Crippen molar-refractivity contribution in [3.05, 3.63) is 57.8 Å². The lowest BCUT2D eigenvalue weighted by Crippen LogP contribution is -1.98. The van der Waals surface area contributed by atoms with Gasteiger partial charge in [0.1, 0.15) is 0 Å². The van der Waals surface area contributed by atoms with E-state index in [0.717, 1.165) is 17.5 Å². The van der Waals surface area contributed by atoms with Gasteiger partial charge in [0.15, 0.2) is 0 Å². The molecule has 0 amide bonds. The molecule has 0 aliphatic rings. The fourth-order valence-electron chi connectivity index (χ4n) is 1.72. The van der Waals surface area contributed by atoms with E-state index in [1.165, 1.54) is 6.07 Å². The van der Waals surface area contributed by atoms with Crippen LogP contribution < -0.4 is 10.5 Å². The van der Waals surface area contributed by atoms with Gasteiger partial charge in [0.25, 0.3) is 0 Å². The normalized spacial score (nSPS) is 10.3. The van der Waals surface area contributed by atoms with E-state index in [0.29, 0.717) is 12.4 Å². The molecule has 20 heavy (non-hydrogen) atoms. The van der Waals surface area contributed by atoms with Crippen LogP contribution in [0.5, 0.6) is 11.6 Å². The first-order valence-electron chi connectivity index (χ1n) is 6.24. The number of hydrogen-bond donors (Lipinski definition) is 1. The van der Waals surface area contributed by atoms with Crippen LogP contribution in [0.3, 0.4) is 0 Å². The monoisotopic (exact) mass is 273 g/mol. The Hall–Kier alpha value is -2.47. The molecule has 0 fully saturated rings. The first-order valence-corrected chi connectivity index (χ1v) is 6.24. The quantitative estimate of drug-likeness (QED) is 0.668. The third-order valence-electron chi connectivity index (χ3n) is 2.88. The molecule has 1 heterocycles. The fourth-order valence-corrected chi connectivity index (χ4v) is 1.72. The Morgan fingerprint density at radius 3 is 2.60 bits per heavy atom. The Morgan fingerprint density at radius 2 is 2.05 bits per heavy atom. The molecule has 6 nitrogen and oxygen atoms in total. The summed E-state index contributed by atoms with van der Waals surface area (Å²) in [4.78, 5) is 14.7. The van der Waals surface area contributed by atoms with Crippen LogP contribution in [-0.2, 0) is 13.0 Å². The van der Waals surface area contributed by atoms with Gasteiger partial charge in [-0.2, -0.15) is 0 Å². The molecule has 1 aromatic heterocycles. The topological polar surface area (TPSA) is 91.3 Å². The van der Waals surface area contributed by atoms with Gasteiger partial charge in [-0.15, -0.1) is 0 Å². The lowest BCUT2D eigenvalue weighted by Gasteiger charge is -2.07. The molecule has 0 aliphatic heterocycles. The van der Waals surface area contributed by atoms with Crippen LogP contribution in [0.4, 0.5) is 5.69 Å². The molecule has 0 saturated carbocycles.